The van der Waals surface area contributed by atoms with Crippen LogP contribution in [0.3, 0.4) is 0 Å². The molecule has 0 amide bonds. The Hall–Kier alpha value is -0.510. The summed E-state index contributed by atoms with van der Waals surface area (Å²) in [6.45, 7) is 0. The summed E-state index contributed by atoms with van der Waals surface area (Å²) in [5, 5.41) is 7.80. The van der Waals surface area contributed by atoms with Crippen molar-refractivity contribution in [1.29, 1.82) is 0 Å². The van der Waals surface area contributed by atoms with Crippen molar-refractivity contribution in [2.45, 2.75) is 24.8 Å². The molecule has 1 heterocycles. The SMILES string of the molecule is SCC1(n2ccnn2)CCC1. The van der Waals surface area contributed by atoms with Gasteiger partial charge in [-0.2, -0.15) is 12.6 Å². The van der Waals surface area contributed by atoms with Crippen LogP contribution in [0.4, 0.5) is 0 Å². The van der Waals surface area contributed by atoms with Crippen molar-refractivity contribution in [2.75, 3.05) is 5.75 Å². The van der Waals surface area contributed by atoms with Crippen LogP contribution in [0.25, 0.3) is 0 Å². The van der Waals surface area contributed by atoms with Gasteiger partial charge in [-0.25, -0.2) is 4.68 Å². The van der Waals surface area contributed by atoms with Crippen LogP contribution in [0.5, 0.6) is 0 Å². The Bertz CT molecular complexity index is 222. The van der Waals surface area contributed by atoms with Crippen molar-refractivity contribution < 1.29 is 0 Å². The van der Waals surface area contributed by atoms with Crippen LogP contribution in [0.1, 0.15) is 19.3 Å². The molecular weight excluding hydrogens is 158 g/mol. The van der Waals surface area contributed by atoms with E-state index in [0.29, 0.717) is 0 Å². The molecule has 0 unspecified atom stereocenters. The molecule has 0 spiro atoms. The average Bonchev–Trinajstić information content (AvgIpc) is 2.39. The van der Waals surface area contributed by atoms with E-state index in [1.807, 2.05) is 10.9 Å². The largest absolute Gasteiger partial charge is 0.246 e. The molecule has 1 aromatic heterocycles. The van der Waals surface area contributed by atoms with Crippen molar-refractivity contribution in [3.8, 4) is 0 Å². The Balaban J connectivity index is 2.25. The molecule has 1 saturated carbocycles. The molecule has 11 heavy (non-hydrogen) atoms. The lowest BCUT2D eigenvalue weighted by atomic mass is 9.78. The van der Waals surface area contributed by atoms with Crippen LogP contribution in [-0.4, -0.2) is 20.7 Å². The molecule has 2 rings (SSSR count). The van der Waals surface area contributed by atoms with E-state index in [-0.39, 0.29) is 5.54 Å². The van der Waals surface area contributed by atoms with Gasteiger partial charge in [0.25, 0.3) is 0 Å². The van der Waals surface area contributed by atoms with Gasteiger partial charge in [0.15, 0.2) is 0 Å². The van der Waals surface area contributed by atoms with Crippen molar-refractivity contribution in [3.05, 3.63) is 12.4 Å². The first-order chi connectivity index (χ1) is 5.37. The number of nitrogens with zero attached hydrogens (tertiary/aromatic N) is 3. The van der Waals surface area contributed by atoms with E-state index < -0.39 is 0 Å². The highest BCUT2D eigenvalue weighted by atomic mass is 32.1. The molecule has 0 aromatic carbocycles. The van der Waals surface area contributed by atoms with Crippen LogP contribution in [-0.2, 0) is 5.54 Å². The number of aromatic nitrogens is 3. The number of thiol groups is 1. The predicted molar refractivity (Wildman–Crippen MR) is 45.7 cm³/mol. The summed E-state index contributed by atoms with van der Waals surface area (Å²) in [5.74, 6) is 0.871. The summed E-state index contributed by atoms with van der Waals surface area (Å²) < 4.78 is 1.95. The summed E-state index contributed by atoms with van der Waals surface area (Å²) >= 11 is 4.33. The first-order valence-corrected chi connectivity index (χ1v) is 4.48. The third-order valence-corrected chi connectivity index (χ3v) is 3.08. The maximum absolute atomic E-state index is 4.33. The number of hydrogen-bond donors (Lipinski definition) is 1. The molecule has 1 aliphatic rings. The molecule has 60 valence electrons. The highest BCUT2D eigenvalue weighted by molar-refractivity contribution is 7.80. The summed E-state index contributed by atoms with van der Waals surface area (Å²) in [4.78, 5) is 0. The molecule has 0 radical (unpaired) electrons. The number of hydrogen-bond acceptors (Lipinski definition) is 3. The van der Waals surface area contributed by atoms with Gasteiger partial charge in [0.05, 0.1) is 11.7 Å². The molecule has 0 atom stereocenters. The van der Waals surface area contributed by atoms with E-state index in [4.69, 9.17) is 0 Å². The highest BCUT2D eigenvalue weighted by Gasteiger charge is 2.38. The molecule has 3 nitrogen and oxygen atoms in total. The number of rotatable bonds is 2. The van der Waals surface area contributed by atoms with Gasteiger partial charge in [0, 0.05) is 11.9 Å². The minimum atomic E-state index is 0.194. The van der Waals surface area contributed by atoms with Gasteiger partial charge in [0.1, 0.15) is 0 Å². The minimum absolute atomic E-state index is 0.194. The van der Waals surface area contributed by atoms with Crippen LogP contribution >= 0.6 is 12.6 Å². The minimum Gasteiger partial charge on any atom is -0.246 e. The van der Waals surface area contributed by atoms with Crippen molar-refractivity contribution in [2.24, 2.45) is 0 Å². The van der Waals surface area contributed by atoms with Gasteiger partial charge in [-0.15, -0.1) is 5.10 Å². The first-order valence-electron chi connectivity index (χ1n) is 3.85. The van der Waals surface area contributed by atoms with E-state index in [1.165, 1.54) is 19.3 Å². The zero-order valence-corrected chi connectivity index (χ0v) is 7.17. The second kappa shape index (κ2) is 2.52. The highest BCUT2D eigenvalue weighted by Crippen LogP contribution is 2.39. The van der Waals surface area contributed by atoms with Gasteiger partial charge in [-0.1, -0.05) is 5.21 Å². The van der Waals surface area contributed by atoms with E-state index in [9.17, 15) is 0 Å². The fraction of sp³-hybridized carbons (Fsp3) is 0.714. The fourth-order valence-corrected chi connectivity index (χ4v) is 1.97. The maximum atomic E-state index is 4.33. The molecule has 1 fully saturated rings. The van der Waals surface area contributed by atoms with Crippen molar-refractivity contribution >= 4 is 12.6 Å². The molecule has 0 N–H and O–H groups in total. The van der Waals surface area contributed by atoms with E-state index in [0.717, 1.165) is 5.75 Å². The van der Waals surface area contributed by atoms with Gasteiger partial charge in [0.2, 0.25) is 0 Å². The van der Waals surface area contributed by atoms with E-state index in [2.05, 4.69) is 22.9 Å². The lowest BCUT2D eigenvalue weighted by Crippen LogP contribution is -2.42. The zero-order valence-electron chi connectivity index (χ0n) is 6.27. The summed E-state index contributed by atoms with van der Waals surface area (Å²) in [6, 6.07) is 0. The molecule has 1 aromatic rings. The van der Waals surface area contributed by atoms with E-state index in [1.54, 1.807) is 6.20 Å². The molecule has 0 aliphatic heterocycles. The topological polar surface area (TPSA) is 30.7 Å². The van der Waals surface area contributed by atoms with Gasteiger partial charge < -0.3 is 0 Å². The average molecular weight is 169 g/mol. The Morgan fingerprint density at radius 3 is 2.73 bits per heavy atom. The van der Waals surface area contributed by atoms with E-state index >= 15 is 0 Å². The molecular formula is C7H11N3S. The molecule has 0 saturated heterocycles. The quantitative estimate of drug-likeness (QED) is 0.672. The molecule has 1 aliphatic carbocycles. The van der Waals surface area contributed by atoms with Crippen LogP contribution < -0.4 is 0 Å². The maximum Gasteiger partial charge on any atom is 0.0732 e. The Labute approximate surface area is 71.2 Å². The van der Waals surface area contributed by atoms with Gasteiger partial charge in [-0.05, 0) is 19.3 Å². The second-order valence-corrected chi connectivity index (χ2v) is 3.40. The third-order valence-electron chi connectivity index (χ3n) is 2.49. The first kappa shape index (κ1) is 7.16. The second-order valence-electron chi connectivity index (χ2n) is 3.08. The summed E-state index contributed by atoms with van der Waals surface area (Å²) in [6.07, 6.45) is 7.33. The monoisotopic (exact) mass is 169 g/mol. The van der Waals surface area contributed by atoms with Crippen LogP contribution in [0, 0.1) is 0 Å². The van der Waals surface area contributed by atoms with Crippen molar-refractivity contribution in [1.82, 2.24) is 15.0 Å². The zero-order chi connectivity index (χ0) is 7.73. The smallest absolute Gasteiger partial charge is 0.0732 e. The lowest BCUT2D eigenvalue weighted by Gasteiger charge is -2.40. The molecule has 4 heteroatoms. The standard InChI is InChI=1S/C7H11N3S/c11-6-7(2-1-3-7)10-5-4-8-9-10/h4-5,11H,1-3,6H2. The third kappa shape index (κ3) is 0.965. The summed E-state index contributed by atoms with van der Waals surface area (Å²) in [7, 11) is 0. The Morgan fingerprint density at radius 2 is 2.36 bits per heavy atom. The van der Waals surface area contributed by atoms with Crippen molar-refractivity contribution in [3.63, 3.8) is 0 Å². The van der Waals surface area contributed by atoms with Crippen LogP contribution in [0.2, 0.25) is 0 Å². The predicted octanol–water partition coefficient (Wildman–Crippen LogP) is 1.09. The molecule has 0 bridgehead atoms. The Morgan fingerprint density at radius 1 is 1.55 bits per heavy atom. The van der Waals surface area contributed by atoms with Crippen LogP contribution in [0.15, 0.2) is 12.4 Å². The van der Waals surface area contributed by atoms with Gasteiger partial charge >= 0.3 is 0 Å². The summed E-state index contributed by atoms with van der Waals surface area (Å²) in [5.41, 5.74) is 0.194. The fourth-order valence-electron chi connectivity index (χ4n) is 1.51. The normalized spacial score (nSPS) is 21.2. The Kier molecular flexibility index (Phi) is 1.64. The lowest BCUT2D eigenvalue weighted by molar-refractivity contribution is 0.153. The van der Waals surface area contributed by atoms with Gasteiger partial charge in [-0.3, -0.25) is 0 Å².